The number of thiazole rings is 1. The van der Waals surface area contributed by atoms with Crippen molar-refractivity contribution >= 4 is 28.3 Å². The Balaban J connectivity index is 1.42. The van der Waals surface area contributed by atoms with E-state index in [4.69, 9.17) is 4.42 Å². The molecule has 0 fully saturated rings. The SMILES string of the molecule is O=C(Nc1nc2c(s1)CC[C@@H]2C(=O)NCc1ccco1)c1ccc(F)cc1. The predicted molar refractivity (Wildman–Crippen MR) is 98.1 cm³/mol. The molecule has 1 aliphatic carbocycles. The summed E-state index contributed by atoms with van der Waals surface area (Å²) in [6.45, 7) is 0.329. The second kappa shape index (κ2) is 7.32. The average molecular weight is 385 g/mol. The van der Waals surface area contributed by atoms with E-state index in [1.165, 1.54) is 35.6 Å². The number of hydrogen-bond acceptors (Lipinski definition) is 5. The van der Waals surface area contributed by atoms with Gasteiger partial charge >= 0.3 is 0 Å². The van der Waals surface area contributed by atoms with Gasteiger partial charge in [0.15, 0.2) is 5.13 Å². The summed E-state index contributed by atoms with van der Waals surface area (Å²) in [6.07, 6.45) is 3.01. The molecule has 2 aromatic heterocycles. The summed E-state index contributed by atoms with van der Waals surface area (Å²) in [6, 6.07) is 8.86. The number of anilines is 1. The molecule has 0 saturated heterocycles. The molecule has 1 atom stereocenters. The molecule has 2 amide bonds. The molecule has 0 radical (unpaired) electrons. The molecule has 138 valence electrons. The molecule has 0 unspecified atom stereocenters. The molecule has 0 spiro atoms. The maximum Gasteiger partial charge on any atom is 0.257 e. The molecule has 1 aromatic carbocycles. The first-order valence-corrected chi connectivity index (χ1v) is 9.28. The van der Waals surface area contributed by atoms with Gasteiger partial charge in [0.25, 0.3) is 5.91 Å². The number of hydrogen-bond donors (Lipinski definition) is 2. The van der Waals surface area contributed by atoms with E-state index in [1.807, 2.05) is 0 Å². The van der Waals surface area contributed by atoms with E-state index in [-0.39, 0.29) is 17.7 Å². The van der Waals surface area contributed by atoms with E-state index >= 15 is 0 Å². The van der Waals surface area contributed by atoms with Gasteiger partial charge in [-0.25, -0.2) is 9.37 Å². The minimum absolute atomic E-state index is 0.105. The van der Waals surface area contributed by atoms with Crippen molar-refractivity contribution < 1.29 is 18.4 Å². The molecule has 27 heavy (non-hydrogen) atoms. The van der Waals surface area contributed by atoms with Crippen LogP contribution in [0.25, 0.3) is 0 Å². The van der Waals surface area contributed by atoms with Crippen LogP contribution < -0.4 is 10.6 Å². The summed E-state index contributed by atoms with van der Waals surface area (Å²) in [7, 11) is 0. The largest absolute Gasteiger partial charge is 0.467 e. The zero-order valence-electron chi connectivity index (χ0n) is 14.2. The van der Waals surface area contributed by atoms with E-state index < -0.39 is 5.82 Å². The molecule has 6 nitrogen and oxygen atoms in total. The molecule has 0 bridgehead atoms. The number of benzene rings is 1. The van der Waals surface area contributed by atoms with Crippen molar-refractivity contribution in [2.24, 2.45) is 0 Å². The number of fused-ring (bicyclic) bond motifs is 1. The molecular formula is C19H16FN3O3S. The zero-order valence-corrected chi connectivity index (χ0v) is 15.0. The Morgan fingerprint density at radius 3 is 2.81 bits per heavy atom. The topological polar surface area (TPSA) is 84.2 Å². The van der Waals surface area contributed by atoms with Crippen LogP contribution in [0.2, 0.25) is 0 Å². The normalized spacial score (nSPS) is 15.4. The first-order chi connectivity index (χ1) is 13.1. The average Bonchev–Trinajstić information content (AvgIpc) is 3.37. The molecule has 3 aromatic rings. The number of aromatic nitrogens is 1. The highest BCUT2D eigenvalue weighted by molar-refractivity contribution is 7.16. The van der Waals surface area contributed by atoms with Crippen LogP contribution in [0.4, 0.5) is 9.52 Å². The molecular weight excluding hydrogens is 369 g/mol. The number of carbonyl (C=O) groups is 2. The van der Waals surface area contributed by atoms with Gasteiger partial charge in [-0.2, -0.15) is 0 Å². The van der Waals surface area contributed by atoms with E-state index in [1.54, 1.807) is 18.4 Å². The molecule has 0 saturated carbocycles. The monoisotopic (exact) mass is 385 g/mol. The fourth-order valence-corrected chi connectivity index (χ4v) is 4.05. The van der Waals surface area contributed by atoms with Crippen LogP contribution in [0, 0.1) is 5.82 Å². The third-order valence-electron chi connectivity index (χ3n) is 4.38. The molecule has 4 rings (SSSR count). The Labute approximate surface area is 158 Å². The van der Waals surface area contributed by atoms with Gasteiger partial charge in [-0.1, -0.05) is 0 Å². The number of aryl methyl sites for hydroxylation is 1. The lowest BCUT2D eigenvalue weighted by molar-refractivity contribution is -0.122. The summed E-state index contributed by atoms with van der Waals surface area (Å²) < 4.78 is 18.2. The van der Waals surface area contributed by atoms with Crippen LogP contribution in [-0.4, -0.2) is 16.8 Å². The van der Waals surface area contributed by atoms with Crippen LogP contribution >= 0.6 is 11.3 Å². The lowest BCUT2D eigenvalue weighted by Crippen LogP contribution is -2.28. The molecule has 8 heteroatoms. The van der Waals surface area contributed by atoms with Crippen LogP contribution in [-0.2, 0) is 17.8 Å². The quantitative estimate of drug-likeness (QED) is 0.704. The minimum Gasteiger partial charge on any atom is -0.467 e. The number of halogens is 1. The second-order valence-electron chi connectivity index (χ2n) is 6.18. The van der Waals surface area contributed by atoms with Gasteiger partial charge in [-0.3, -0.25) is 14.9 Å². The summed E-state index contributed by atoms with van der Waals surface area (Å²) in [5.41, 5.74) is 1.06. The first-order valence-electron chi connectivity index (χ1n) is 8.47. The van der Waals surface area contributed by atoms with Crippen LogP contribution in [0.3, 0.4) is 0 Å². The van der Waals surface area contributed by atoms with Gasteiger partial charge in [0.2, 0.25) is 5.91 Å². The predicted octanol–water partition coefficient (Wildman–Crippen LogP) is 3.47. The van der Waals surface area contributed by atoms with Crippen molar-refractivity contribution in [2.75, 3.05) is 5.32 Å². The van der Waals surface area contributed by atoms with E-state index in [0.29, 0.717) is 35.1 Å². The maximum absolute atomic E-state index is 13.0. The highest BCUT2D eigenvalue weighted by atomic mass is 32.1. The van der Waals surface area contributed by atoms with Crippen molar-refractivity contribution in [2.45, 2.75) is 25.3 Å². The second-order valence-corrected chi connectivity index (χ2v) is 7.26. The smallest absolute Gasteiger partial charge is 0.257 e. The maximum atomic E-state index is 13.0. The number of furan rings is 1. The summed E-state index contributed by atoms with van der Waals surface area (Å²) in [5, 5.41) is 6.02. The van der Waals surface area contributed by atoms with Crippen molar-refractivity contribution in [1.29, 1.82) is 0 Å². The lowest BCUT2D eigenvalue weighted by atomic mass is 10.1. The fourth-order valence-electron chi connectivity index (χ4n) is 3.02. The van der Waals surface area contributed by atoms with Gasteiger partial charge < -0.3 is 9.73 Å². The molecule has 1 aliphatic rings. The number of nitrogens with one attached hydrogen (secondary N) is 2. The van der Waals surface area contributed by atoms with Crippen LogP contribution in [0.15, 0.2) is 47.1 Å². The standard InChI is InChI=1S/C19H16FN3O3S/c20-12-5-3-11(4-6-12)17(24)23-19-22-16-14(7-8-15(16)27-19)18(25)21-10-13-2-1-9-26-13/h1-6,9,14H,7-8,10H2,(H,21,25)(H,22,23,24)/t14-/m0/s1. The van der Waals surface area contributed by atoms with Crippen molar-refractivity contribution in [3.63, 3.8) is 0 Å². The van der Waals surface area contributed by atoms with E-state index in [0.717, 1.165) is 11.3 Å². The summed E-state index contributed by atoms with van der Waals surface area (Å²) in [5.74, 6) is -0.508. The number of amides is 2. The van der Waals surface area contributed by atoms with Gasteiger partial charge in [-0.15, -0.1) is 11.3 Å². The summed E-state index contributed by atoms with van der Waals surface area (Å²) >= 11 is 1.37. The van der Waals surface area contributed by atoms with Gasteiger partial charge in [-0.05, 0) is 49.2 Å². The highest BCUT2D eigenvalue weighted by Gasteiger charge is 2.32. The van der Waals surface area contributed by atoms with Crippen LogP contribution in [0.1, 0.15) is 39.0 Å². The third kappa shape index (κ3) is 3.75. The van der Waals surface area contributed by atoms with Crippen molar-refractivity contribution in [3.8, 4) is 0 Å². The Bertz CT molecular complexity index is 967. The Kier molecular flexibility index (Phi) is 4.72. The van der Waals surface area contributed by atoms with E-state index in [2.05, 4.69) is 15.6 Å². The first kappa shape index (κ1) is 17.4. The molecule has 2 heterocycles. The van der Waals surface area contributed by atoms with Gasteiger partial charge in [0.05, 0.1) is 24.4 Å². The van der Waals surface area contributed by atoms with E-state index in [9.17, 15) is 14.0 Å². The number of nitrogens with zero attached hydrogens (tertiary/aromatic N) is 1. The van der Waals surface area contributed by atoms with Crippen LogP contribution in [0.5, 0.6) is 0 Å². The van der Waals surface area contributed by atoms with Crippen molar-refractivity contribution in [3.05, 3.63) is 70.4 Å². The highest BCUT2D eigenvalue weighted by Crippen LogP contribution is 2.38. The molecule has 2 N–H and O–H groups in total. The number of rotatable bonds is 5. The zero-order chi connectivity index (χ0) is 18.8. The fraction of sp³-hybridized carbons (Fsp3) is 0.211. The van der Waals surface area contributed by atoms with Crippen molar-refractivity contribution in [1.82, 2.24) is 10.3 Å². The minimum atomic E-state index is -0.400. The Hall–Kier alpha value is -3.00. The number of carbonyl (C=O) groups excluding carboxylic acids is 2. The van der Waals surface area contributed by atoms with Gasteiger partial charge in [0, 0.05) is 10.4 Å². The Morgan fingerprint density at radius 2 is 2.07 bits per heavy atom. The summed E-state index contributed by atoms with van der Waals surface area (Å²) in [4.78, 5) is 30.2. The lowest BCUT2D eigenvalue weighted by Gasteiger charge is -2.09. The molecule has 0 aliphatic heterocycles. The third-order valence-corrected chi connectivity index (χ3v) is 5.42. The Morgan fingerprint density at radius 1 is 1.26 bits per heavy atom. The van der Waals surface area contributed by atoms with Gasteiger partial charge in [0.1, 0.15) is 11.6 Å².